The standard InChI is InChI=1S/C12H18N2O3/c1-9(5-7-15)8-14-11(16)10-4-3-6-13-12(10)17-2/h3-4,6,9,15H,5,7-8H2,1-2H3,(H,14,16). The number of hydrogen-bond donors (Lipinski definition) is 2. The van der Waals surface area contributed by atoms with Crippen LogP contribution in [0.2, 0.25) is 0 Å². The van der Waals surface area contributed by atoms with E-state index in [0.29, 0.717) is 24.4 Å². The number of rotatable bonds is 6. The SMILES string of the molecule is COc1ncccc1C(=O)NCC(C)CCO. The van der Waals surface area contributed by atoms with Crippen LogP contribution in [0.3, 0.4) is 0 Å². The van der Waals surface area contributed by atoms with Gasteiger partial charge in [-0.05, 0) is 24.5 Å². The number of amides is 1. The highest BCUT2D eigenvalue weighted by molar-refractivity contribution is 5.96. The fourth-order valence-electron chi connectivity index (χ4n) is 1.41. The molecule has 0 aromatic carbocycles. The molecule has 2 N–H and O–H groups in total. The number of ether oxygens (including phenoxy) is 1. The largest absolute Gasteiger partial charge is 0.480 e. The van der Waals surface area contributed by atoms with Crippen molar-refractivity contribution in [2.24, 2.45) is 5.92 Å². The minimum Gasteiger partial charge on any atom is -0.480 e. The molecule has 1 atom stereocenters. The smallest absolute Gasteiger partial charge is 0.256 e. The number of methoxy groups -OCH3 is 1. The van der Waals surface area contributed by atoms with Gasteiger partial charge < -0.3 is 15.2 Å². The van der Waals surface area contributed by atoms with Gasteiger partial charge in [-0.3, -0.25) is 4.79 Å². The molecular weight excluding hydrogens is 220 g/mol. The molecule has 5 heteroatoms. The number of carbonyl (C=O) groups is 1. The molecule has 5 nitrogen and oxygen atoms in total. The van der Waals surface area contributed by atoms with Crippen LogP contribution in [0, 0.1) is 5.92 Å². The summed E-state index contributed by atoms with van der Waals surface area (Å²) in [6, 6.07) is 3.35. The van der Waals surface area contributed by atoms with Crippen LogP contribution in [0.15, 0.2) is 18.3 Å². The third-order valence-electron chi connectivity index (χ3n) is 2.44. The molecule has 94 valence electrons. The van der Waals surface area contributed by atoms with Crippen LogP contribution < -0.4 is 10.1 Å². The number of aliphatic hydroxyl groups excluding tert-OH is 1. The number of aromatic nitrogens is 1. The number of aliphatic hydroxyl groups is 1. The summed E-state index contributed by atoms with van der Waals surface area (Å²) >= 11 is 0. The molecule has 1 amide bonds. The second-order valence-corrected chi connectivity index (χ2v) is 3.89. The van der Waals surface area contributed by atoms with E-state index >= 15 is 0 Å². The van der Waals surface area contributed by atoms with E-state index in [9.17, 15) is 4.79 Å². The normalized spacial score (nSPS) is 11.9. The van der Waals surface area contributed by atoms with Crippen LogP contribution in [0.1, 0.15) is 23.7 Å². The molecule has 1 aromatic rings. The Morgan fingerprint density at radius 3 is 3.06 bits per heavy atom. The molecule has 0 aliphatic heterocycles. The third-order valence-corrected chi connectivity index (χ3v) is 2.44. The molecule has 0 bridgehead atoms. The van der Waals surface area contributed by atoms with Crippen molar-refractivity contribution in [1.82, 2.24) is 10.3 Å². The van der Waals surface area contributed by atoms with Crippen molar-refractivity contribution < 1.29 is 14.6 Å². The van der Waals surface area contributed by atoms with Crippen molar-refractivity contribution >= 4 is 5.91 Å². The highest BCUT2D eigenvalue weighted by Crippen LogP contribution is 2.13. The Bertz CT molecular complexity index is 369. The van der Waals surface area contributed by atoms with E-state index in [2.05, 4.69) is 10.3 Å². The Morgan fingerprint density at radius 1 is 1.65 bits per heavy atom. The lowest BCUT2D eigenvalue weighted by molar-refractivity contribution is 0.0941. The van der Waals surface area contributed by atoms with Gasteiger partial charge in [0.15, 0.2) is 0 Å². The van der Waals surface area contributed by atoms with Crippen molar-refractivity contribution in [3.05, 3.63) is 23.9 Å². The van der Waals surface area contributed by atoms with Gasteiger partial charge in [0.25, 0.3) is 5.91 Å². The lowest BCUT2D eigenvalue weighted by Crippen LogP contribution is -2.29. The van der Waals surface area contributed by atoms with Crippen molar-refractivity contribution in [2.75, 3.05) is 20.3 Å². The van der Waals surface area contributed by atoms with E-state index in [4.69, 9.17) is 9.84 Å². The fraction of sp³-hybridized carbons (Fsp3) is 0.500. The molecule has 0 aliphatic rings. The molecule has 17 heavy (non-hydrogen) atoms. The summed E-state index contributed by atoms with van der Waals surface area (Å²) in [5, 5.41) is 11.5. The minimum absolute atomic E-state index is 0.132. The lowest BCUT2D eigenvalue weighted by atomic mass is 10.1. The molecule has 0 saturated heterocycles. The quantitative estimate of drug-likeness (QED) is 0.770. The molecule has 1 heterocycles. The predicted molar refractivity (Wildman–Crippen MR) is 64.0 cm³/mol. The Balaban J connectivity index is 2.58. The summed E-state index contributed by atoms with van der Waals surface area (Å²) in [7, 11) is 1.48. The molecule has 0 aliphatic carbocycles. The lowest BCUT2D eigenvalue weighted by Gasteiger charge is -2.12. The highest BCUT2D eigenvalue weighted by atomic mass is 16.5. The second-order valence-electron chi connectivity index (χ2n) is 3.89. The van der Waals surface area contributed by atoms with Crippen LogP contribution >= 0.6 is 0 Å². The van der Waals surface area contributed by atoms with Crippen molar-refractivity contribution in [3.8, 4) is 5.88 Å². The van der Waals surface area contributed by atoms with Gasteiger partial charge in [0.1, 0.15) is 5.56 Å². The van der Waals surface area contributed by atoms with Crippen LogP contribution in [-0.2, 0) is 0 Å². The predicted octanol–water partition coefficient (Wildman–Crippen LogP) is 0.838. The van der Waals surface area contributed by atoms with Crippen molar-refractivity contribution in [3.63, 3.8) is 0 Å². The molecule has 1 aromatic heterocycles. The third kappa shape index (κ3) is 4.03. The summed E-state index contributed by atoms with van der Waals surface area (Å²) < 4.78 is 5.01. The zero-order valence-corrected chi connectivity index (χ0v) is 10.1. The fourth-order valence-corrected chi connectivity index (χ4v) is 1.41. The van der Waals surface area contributed by atoms with Crippen molar-refractivity contribution in [2.45, 2.75) is 13.3 Å². The van der Waals surface area contributed by atoms with Gasteiger partial charge in [-0.2, -0.15) is 0 Å². The number of nitrogens with zero attached hydrogens (tertiary/aromatic N) is 1. The average Bonchev–Trinajstić information content (AvgIpc) is 2.36. The first-order chi connectivity index (χ1) is 8.19. The van der Waals surface area contributed by atoms with Gasteiger partial charge in [0, 0.05) is 19.3 Å². The minimum atomic E-state index is -0.209. The molecular formula is C12H18N2O3. The maximum Gasteiger partial charge on any atom is 0.256 e. The molecule has 0 spiro atoms. The van der Waals surface area contributed by atoms with Crippen molar-refractivity contribution in [1.29, 1.82) is 0 Å². The summed E-state index contributed by atoms with van der Waals surface area (Å²) in [6.45, 7) is 2.63. The van der Waals surface area contributed by atoms with Crippen LogP contribution in [0.4, 0.5) is 0 Å². The monoisotopic (exact) mass is 238 g/mol. The zero-order valence-electron chi connectivity index (χ0n) is 10.1. The van der Waals surface area contributed by atoms with Gasteiger partial charge >= 0.3 is 0 Å². The molecule has 0 fully saturated rings. The Kier molecular flexibility index (Phi) is 5.42. The van der Waals surface area contributed by atoms with E-state index in [-0.39, 0.29) is 18.4 Å². The summed E-state index contributed by atoms with van der Waals surface area (Å²) in [4.78, 5) is 15.8. The number of pyridine rings is 1. The zero-order chi connectivity index (χ0) is 12.7. The number of hydrogen-bond acceptors (Lipinski definition) is 4. The van der Waals surface area contributed by atoms with E-state index in [1.54, 1.807) is 18.3 Å². The summed E-state index contributed by atoms with van der Waals surface area (Å²) in [5.74, 6) is 0.353. The van der Waals surface area contributed by atoms with Gasteiger partial charge in [-0.1, -0.05) is 6.92 Å². The second kappa shape index (κ2) is 6.85. The Labute approximate surface area is 101 Å². The first-order valence-corrected chi connectivity index (χ1v) is 5.57. The molecule has 1 rings (SSSR count). The molecule has 0 radical (unpaired) electrons. The van der Waals surface area contributed by atoms with E-state index in [1.807, 2.05) is 6.92 Å². The number of nitrogens with one attached hydrogen (secondary N) is 1. The molecule has 1 unspecified atom stereocenters. The van der Waals surface area contributed by atoms with Crippen LogP contribution in [0.25, 0.3) is 0 Å². The summed E-state index contributed by atoms with van der Waals surface area (Å²) in [5.41, 5.74) is 0.422. The number of carbonyl (C=O) groups excluding carboxylic acids is 1. The molecule has 0 saturated carbocycles. The average molecular weight is 238 g/mol. The van der Waals surface area contributed by atoms with E-state index < -0.39 is 0 Å². The van der Waals surface area contributed by atoms with Crippen LogP contribution in [0.5, 0.6) is 5.88 Å². The van der Waals surface area contributed by atoms with E-state index in [0.717, 1.165) is 0 Å². The van der Waals surface area contributed by atoms with Gasteiger partial charge in [-0.15, -0.1) is 0 Å². The van der Waals surface area contributed by atoms with Gasteiger partial charge in [0.05, 0.1) is 7.11 Å². The summed E-state index contributed by atoms with van der Waals surface area (Å²) in [6.07, 6.45) is 2.24. The Morgan fingerprint density at radius 2 is 2.41 bits per heavy atom. The maximum absolute atomic E-state index is 11.8. The first kappa shape index (κ1) is 13.4. The maximum atomic E-state index is 11.8. The Hall–Kier alpha value is -1.62. The van der Waals surface area contributed by atoms with Crippen LogP contribution in [-0.4, -0.2) is 36.3 Å². The van der Waals surface area contributed by atoms with Gasteiger partial charge in [-0.25, -0.2) is 4.98 Å². The first-order valence-electron chi connectivity index (χ1n) is 5.57. The topological polar surface area (TPSA) is 71.5 Å². The van der Waals surface area contributed by atoms with Gasteiger partial charge in [0.2, 0.25) is 5.88 Å². The highest BCUT2D eigenvalue weighted by Gasteiger charge is 2.13. The van der Waals surface area contributed by atoms with E-state index in [1.165, 1.54) is 7.11 Å².